The molecule has 0 unspecified atom stereocenters. The number of hydrogen-bond acceptors (Lipinski definition) is 3. The average molecular weight is 548 g/mol. The fraction of sp³-hybridized carbons (Fsp3) is 0.286. The lowest BCUT2D eigenvalue weighted by Crippen LogP contribution is -2.53. The SMILES string of the molecule is CC[C@@H](C)NC(=O)[C@H](Cc1ccccc1)N(Cc1ccc(Cl)cc1Cl)C(=O)COc1cccc(Cl)c1. The van der Waals surface area contributed by atoms with Crippen molar-refractivity contribution in [1.82, 2.24) is 10.2 Å². The molecule has 3 aromatic carbocycles. The molecular formula is C28H29Cl3N2O3. The molecule has 36 heavy (non-hydrogen) atoms. The Hall–Kier alpha value is -2.73. The Bertz CT molecular complexity index is 1170. The molecule has 0 aliphatic carbocycles. The van der Waals surface area contributed by atoms with Crippen molar-refractivity contribution in [3.8, 4) is 5.75 Å². The number of nitrogens with zero attached hydrogens (tertiary/aromatic N) is 1. The molecule has 5 nitrogen and oxygen atoms in total. The summed E-state index contributed by atoms with van der Waals surface area (Å²) in [5.74, 6) is -0.139. The Kier molecular flexibility index (Phi) is 10.5. The minimum absolute atomic E-state index is 0.0467. The second-order valence-electron chi connectivity index (χ2n) is 8.53. The van der Waals surface area contributed by atoms with Crippen molar-refractivity contribution in [2.75, 3.05) is 6.61 Å². The van der Waals surface area contributed by atoms with Crippen molar-refractivity contribution >= 4 is 46.6 Å². The fourth-order valence-electron chi connectivity index (χ4n) is 3.61. The smallest absolute Gasteiger partial charge is 0.261 e. The van der Waals surface area contributed by atoms with E-state index in [0.29, 0.717) is 32.8 Å². The van der Waals surface area contributed by atoms with Crippen LogP contribution >= 0.6 is 34.8 Å². The van der Waals surface area contributed by atoms with E-state index < -0.39 is 6.04 Å². The van der Waals surface area contributed by atoms with Crippen molar-refractivity contribution in [2.24, 2.45) is 0 Å². The maximum absolute atomic E-state index is 13.6. The van der Waals surface area contributed by atoms with E-state index in [1.807, 2.05) is 44.2 Å². The third kappa shape index (κ3) is 8.16. The van der Waals surface area contributed by atoms with Crippen molar-refractivity contribution in [3.63, 3.8) is 0 Å². The van der Waals surface area contributed by atoms with Gasteiger partial charge in [0.05, 0.1) is 0 Å². The van der Waals surface area contributed by atoms with E-state index >= 15 is 0 Å². The zero-order chi connectivity index (χ0) is 26.1. The first-order valence-corrected chi connectivity index (χ1v) is 12.9. The Balaban J connectivity index is 1.94. The molecule has 190 valence electrons. The Morgan fingerprint density at radius 3 is 2.33 bits per heavy atom. The van der Waals surface area contributed by atoms with Gasteiger partial charge in [0.2, 0.25) is 5.91 Å². The van der Waals surface area contributed by atoms with Crippen molar-refractivity contribution in [1.29, 1.82) is 0 Å². The molecule has 1 N–H and O–H groups in total. The van der Waals surface area contributed by atoms with Gasteiger partial charge in [0.1, 0.15) is 11.8 Å². The maximum atomic E-state index is 13.6. The van der Waals surface area contributed by atoms with Crippen LogP contribution in [-0.2, 0) is 22.6 Å². The van der Waals surface area contributed by atoms with Gasteiger partial charge in [0.15, 0.2) is 6.61 Å². The zero-order valence-electron chi connectivity index (χ0n) is 20.2. The summed E-state index contributed by atoms with van der Waals surface area (Å²) in [6.45, 7) is 3.76. The number of carbonyl (C=O) groups excluding carboxylic acids is 2. The zero-order valence-corrected chi connectivity index (χ0v) is 22.5. The second kappa shape index (κ2) is 13.5. The molecule has 8 heteroatoms. The molecule has 3 aromatic rings. The number of carbonyl (C=O) groups is 2. The Morgan fingerprint density at radius 2 is 1.67 bits per heavy atom. The second-order valence-corrected chi connectivity index (χ2v) is 9.81. The van der Waals surface area contributed by atoms with Gasteiger partial charge in [-0.1, -0.05) is 84.2 Å². The van der Waals surface area contributed by atoms with Crippen LogP contribution in [0.3, 0.4) is 0 Å². The molecule has 3 rings (SSSR count). The molecule has 0 aliphatic heterocycles. The van der Waals surface area contributed by atoms with Gasteiger partial charge in [-0.25, -0.2) is 0 Å². The lowest BCUT2D eigenvalue weighted by atomic mass is 10.0. The van der Waals surface area contributed by atoms with Gasteiger partial charge in [-0.15, -0.1) is 0 Å². The third-order valence-corrected chi connectivity index (χ3v) is 6.61. The van der Waals surface area contributed by atoms with Crippen LogP contribution in [0.25, 0.3) is 0 Å². The lowest BCUT2D eigenvalue weighted by molar-refractivity contribution is -0.143. The topological polar surface area (TPSA) is 58.6 Å². The monoisotopic (exact) mass is 546 g/mol. The third-order valence-electron chi connectivity index (χ3n) is 5.79. The first-order chi connectivity index (χ1) is 17.3. The fourth-order valence-corrected chi connectivity index (χ4v) is 4.26. The molecule has 0 fully saturated rings. The number of halogens is 3. The summed E-state index contributed by atoms with van der Waals surface area (Å²) >= 11 is 18.6. The van der Waals surface area contributed by atoms with E-state index in [1.165, 1.54) is 4.90 Å². The molecule has 0 saturated carbocycles. The molecule has 2 amide bonds. The number of hydrogen-bond donors (Lipinski definition) is 1. The van der Waals surface area contributed by atoms with Gasteiger partial charge < -0.3 is 15.0 Å². The molecule has 0 spiro atoms. The van der Waals surface area contributed by atoms with Gasteiger partial charge >= 0.3 is 0 Å². The highest BCUT2D eigenvalue weighted by Crippen LogP contribution is 2.24. The number of rotatable bonds is 11. The van der Waals surface area contributed by atoms with Crippen molar-refractivity contribution in [3.05, 3.63) is 99.0 Å². The van der Waals surface area contributed by atoms with Crippen LogP contribution in [0.15, 0.2) is 72.8 Å². The van der Waals surface area contributed by atoms with Gasteiger partial charge in [0.25, 0.3) is 5.91 Å². The predicted octanol–water partition coefficient (Wildman–Crippen LogP) is 6.58. The van der Waals surface area contributed by atoms with Gasteiger partial charge in [0, 0.05) is 34.1 Å². The van der Waals surface area contributed by atoms with Crippen molar-refractivity contribution in [2.45, 2.75) is 45.3 Å². The van der Waals surface area contributed by atoms with Crippen LogP contribution < -0.4 is 10.1 Å². The minimum Gasteiger partial charge on any atom is -0.484 e. The molecular weight excluding hydrogens is 519 g/mol. The average Bonchev–Trinajstić information content (AvgIpc) is 2.86. The van der Waals surface area contributed by atoms with Crippen LogP contribution in [-0.4, -0.2) is 35.4 Å². The predicted molar refractivity (Wildman–Crippen MR) is 146 cm³/mol. The van der Waals surface area contributed by atoms with E-state index in [-0.39, 0.29) is 31.0 Å². The molecule has 2 atom stereocenters. The summed E-state index contributed by atoms with van der Waals surface area (Å²) in [4.78, 5) is 28.6. The number of nitrogens with one attached hydrogen (secondary N) is 1. The summed E-state index contributed by atoms with van der Waals surface area (Å²) in [6.07, 6.45) is 1.09. The van der Waals surface area contributed by atoms with Gasteiger partial charge in [-0.2, -0.15) is 0 Å². The molecule has 0 aromatic heterocycles. The molecule has 0 radical (unpaired) electrons. The van der Waals surface area contributed by atoms with Gasteiger partial charge in [-0.3, -0.25) is 9.59 Å². The van der Waals surface area contributed by atoms with Gasteiger partial charge in [-0.05, 0) is 54.8 Å². The Labute approximate surface area is 227 Å². The van der Waals surface area contributed by atoms with Crippen LogP contribution in [0.1, 0.15) is 31.4 Å². The summed E-state index contributed by atoms with van der Waals surface area (Å²) < 4.78 is 5.74. The summed E-state index contributed by atoms with van der Waals surface area (Å²) in [5, 5.41) is 4.43. The van der Waals surface area contributed by atoms with Crippen LogP contribution in [0.2, 0.25) is 15.1 Å². The standard InChI is InChI=1S/C28H29Cl3N2O3/c1-3-19(2)32-28(35)26(14-20-8-5-4-6-9-20)33(17-21-12-13-23(30)16-25(21)31)27(34)18-36-24-11-7-10-22(29)15-24/h4-13,15-16,19,26H,3,14,17-18H2,1-2H3,(H,32,35)/t19-,26+/m1/s1. The van der Waals surface area contributed by atoms with E-state index in [2.05, 4.69) is 5.32 Å². The highest BCUT2D eigenvalue weighted by atomic mass is 35.5. The summed E-state index contributed by atoms with van der Waals surface area (Å²) in [6, 6.07) is 20.7. The minimum atomic E-state index is -0.788. The number of amides is 2. The van der Waals surface area contributed by atoms with Crippen molar-refractivity contribution < 1.29 is 14.3 Å². The van der Waals surface area contributed by atoms with E-state index in [1.54, 1.807) is 42.5 Å². The molecule has 0 heterocycles. The summed E-state index contributed by atoms with van der Waals surface area (Å²) in [7, 11) is 0. The first-order valence-electron chi connectivity index (χ1n) is 11.7. The highest BCUT2D eigenvalue weighted by Gasteiger charge is 2.31. The quantitative estimate of drug-likeness (QED) is 0.295. The Morgan fingerprint density at radius 1 is 0.944 bits per heavy atom. The maximum Gasteiger partial charge on any atom is 0.261 e. The van der Waals surface area contributed by atoms with Crippen LogP contribution in [0.5, 0.6) is 5.75 Å². The largest absolute Gasteiger partial charge is 0.484 e. The first kappa shape index (κ1) is 27.9. The van der Waals surface area contributed by atoms with E-state index in [0.717, 1.165) is 12.0 Å². The number of benzene rings is 3. The van der Waals surface area contributed by atoms with Crippen LogP contribution in [0, 0.1) is 0 Å². The van der Waals surface area contributed by atoms with E-state index in [9.17, 15) is 9.59 Å². The van der Waals surface area contributed by atoms with Crippen LogP contribution in [0.4, 0.5) is 0 Å². The molecule has 0 aliphatic rings. The normalized spacial score (nSPS) is 12.5. The molecule has 0 bridgehead atoms. The van der Waals surface area contributed by atoms with E-state index in [4.69, 9.17) is 39.5 Å². The molecule has 0 saturated heterocycles. The lowest BCUT2D eigenvalue weighted by Gasteiger charge is -2.32. The summed E-state index contributed by atoms with van der Waals surface area (Å²) in [5.41, 5.74) is 1.60. The number of ether oxygens (including phenoxy) is 1. The highest BCUT2D eigenvalue weighted by molar-refractivity contribution is 6.35.